The Balaban J connectivity index is 1.53. The number of rotatable bonds is 4. The van der Waals surface area contributed by atoms with Gasteiger partial charge in [-0.05, 0) is 43.5 Å². The second-order valence-corrected chi connectivity index (χ2v) is 9.36. The molecule has 2 amide bonds. The van der Waals surface area contributed by atoms with Crippen LogP contribution in [0.15, 0.2) is 54.9 Å². The van der Waals surface area contributed by atoms with Gasteiger partial charge in [-0.15, -0.1) is 0 Å². The number of para-hydroxylation sites is 1. The molecule has 3 heterocycles. The maximum Gasteiger partial charge on any atom is 0.271 e. The zero-order valence-electron chi connectivity index (χ0n) is 18.6. The quantitative estimate of drug-likeness (QED) is 0.628. The van der Waals surface area contributed by atoms with Crippen LogP contribution in [0.3, 0.4) is 0 Å². The molecule has 0 radical (unpaired) electrons. The van der Waals surface area contributed by atoms with E-state index in [2.05, 4.69) is 10.3 Å². The minimum absolute atomic E-state index is 0.0647. The number of amides is 2. The fourth-order valence-electron chi connectivity index (χ4n) is 5.19. The van der Waals surface area contributed by atoms with Crippen LogP contribution in [0, 0.1) is 0 Å². The number of nitrogens with one attached hydrogen (secondary N) is 1. The number of pyridine rings is 1. The van der Waals surface area contributed by atoms with E-state index in [1.54, 1.807) is 17.3 Å². The Labute approximate surface area is 188 Å². The lowest BCUT2D eigenvalue weighted by Crippen LogP contribution is -2.64. The normalized spacial score (nSPS) is 21.9. The molecule has 6 nitrogen and oxygen atoms in total. The van der Waals surface area contributed by atoms with Crippen LogP contribution in [0.1, 0.15) is 61.5 Å². The van der Waals surface area contributed by atoms with Crippen molar-refractivity contribution in [2.75, 3.05) is 0 Å². The van der Waals surface area contributed by atoms with Crippen molar-refractivity contribution in [3.63, 3.8) is 0 Å². The van der Waals surface area contributed by atoms with E-state index in [-0.39, 0.29) is 17.9 Å². The van der Waals surface area contributed by atoms with E-state index in [4.69, 9.17) is 0 Å². The van der Waals surface area contributed by atoms with Gasteiger partial charge in [0.2, 0.25) is 5.91 Å². The van der Waals surface area contributed by atoms with E-state index in [9.17, 15) is 9.59 Å². The van der Waals surface area contributed by atoms with Crippen LogP contribution in [0.25, 0.3) is 10.9 Å². The molecule has 1 atom stereocenters. The third-order valence-electron chi connectivity index (χ3n) is 7.08. The predicted molar refractivity (Wildman–Crippen MR) is 124 cm³/mol. The summed E-state index contributed by atoms with van der Waals surface area (Å²) in [6.07, 6.45) is 10.3. The molecule has 166 valence electrons. The minimum Gasteiger partial charge on any atom is -0.351 e. The highest BCUT2D eigenvalue weighted by Gasteiger charge is 2.48. The smallest absolute Gasteiger partial charge is 0.271 e. The molecule has 0 saturated heterocycles. The second kappa shape index (κ2) is 8.41. The second-order valence-electron chi connectivity index (χ2n) is 9.36. The van der Waals surface area contributed by atoms with E-state index in [0.717, 1.165) is 42.1 Å². The highest BCUT2D eigenvalue weighted by Crippen LogP contribution is 2.34. The average molecular weight is 431 g/mol. The zero-order valence-corrected chi connectivity index (χ0v) is 18.6. The van der Waals surface area contributed by atoms with Gasteiger partial charge in [-0.2, -0.15) is 0 Å². The van der Waals surface area contributed by atoms with Crippen molar-refractivity contribution in [1.29, 1.82) is 0 Å². The number of aromatic nitrogens is 2. The number of hydrogen-bond acceptors (Lipinski definition) is 3. The van der Waals surface area contributed by atoms with Crippen LogP contribution in [0.2, 0.25) is 0 Å². The van der Waals surface area contributed by atoms with Gasteiger partial charge < -0.3 is 14.8 Å². The maximum absolute atomic E-state index is 13.8. The van der Waals surface area contributed by atoms with Crippen LogP contribution in [-0.4, -0.2) is 37.8 Å². The monoisotopic (exact) mass is 430 g/mol. The van der Waals surface area contributed by atoms with E-state index in [0.29, 0.717) is 18.8 Å². The number of hydrogen-bond donors (Lipinski definition) is 1. The molecular formula is C26H30N4O2. The van der Waals surface area contributed by atoms with Crippen LogP contribution in [0.4, 0.5) is 0 Å². The molecule has 1 aromatic carbocycles. The largest absolute Gasteiger partial charge is 0.351 e. The first-order chi connectivity index (χ1) is 15.6. The van der Waals surface area contributed by atoms with Gasteiger partial charge in [0.15, 0.2) is 0 Å². The van der Waals surface area contributed by atoms with Crippen molar-refractivity contribution in [3.8, 4) is 0 Å². The van der Waals surface area contributed by atoms with Crippen LogP contribution < -0.4 is 5.32 Å². The summed E-state index contributed by atoms with van der Waals surface area (Å²) in [6, 6.07) is 13.9. The Hall–Kier alpha value is -3.15. The molecule has 1 fully saturated rings. The predicted octanol–water partition coefficient (Wildman–Crippen LogP) is 4.29. The molecule has 1 aliphatic carbocycles. The Morgan fingerprint density at radius 1 is 1.12 bits per heavy atom. The Morgan fingerprint density at radius 2 is 1.91 bits per heavy atom. The van der Waals surface area contributed by atoms with Crippen molar-refractivity contribution in [2.24, 2.45) is 0 Å². The molecule has 32 heavy (non-hydrogen) atoms. The lowest BCUT2D eigenvalue weighted by molar-refractivity contribution is -0.134. The summed E-state index contributed by atoms with van der Waals surface area (Å²) in [5.41, 5.74) is 1.55. The lowest BCUT2D eigenvalue weighted by Gasteiger charge is -2.44. The van der Waals surface area contributed by atoms with E-state index in [1.807, 2.05) is 54.0 Å². The van der Waals surface area contributed by atoms with E-state index < -0.39 is 5.54 Å². The summed E-state index contributed by atoms with van der Waals surface area (Å²) in [5.74, 6) is -0.181. The maximum atomic E-state index is 13.8. The van der Waals surface area contributed by atoms with Gasteiger partial charge >= 0.3 is 0 Å². The number of carbonyl (C=O) groups excluding carboxylic acids is 2. The highest BCUT2D eigenvalue weighted by atomic mass is 16.2. The SMILES string of the molecule is C[C@]1(C(=O)NC2CCCCCC2)Cn2c(cc3ccccc32)C(=O)N1Cc1cccnc1. The first-order valence-corrected chi connectivity index (χ1v) is 11.7. The number of nitrogens with zero attached hydrogens (tertiary/aromatic N) is 3. The number of benzene rings is 1. The molecule has 2 aromatic heterocycles. The van der Waals surface area contributed by atoms with Gasteiger partial charge in [-0.25, -0.2) is 0 Å². The molecule has 6 heteroatoms. The first-order valence-electron chi connectivity index (χ1n) is 11.7. The average Bonchev–Trinajstić information content (AvgIpc) is 2.98. The van der Waals surface area contributed by atoms with Gasteiger partial charge in [0, 0.05) is 35.9 Å². The van der Waals surface area contributed by atoms with Gasteiger partial charge in [0.25, 0.3) is 5.91 Å². The summed E-state index contributed by atoms with van der Waals surface area (Å²) in [5, 5.41) is 4.33. The molecule has 0 spiro atoms. The van der Waals surface area contributed by atoms with Crippen molar-refractivity contribution in [3.05, 3.63) is 66.1 Å². The fraction of sp³-hybridized carbons (Fsp3) is 0.423. The fourth-order valence-corrected chi connectivity index (χ4v) is 5.19. The van der Waals surface area contributed by atoms with Gasteiger partial charge in [-0.1, -0.05) is 49.9 Å². The third-order valence-corrected chi connectivity index (χ3v) is 7.08. The van der Waals surface area contributed by atoms with Crippen LogP contribution >= 0.6 is 0 Å². The standard InChI is InChI=1S/C26H30N4O2/c1-26(25(32)28-21-11-4-2-3-5-12-21)18-29-22-13-7-6-10-20(22)15-23(29)24(31)30(26)17-19-9-8-14-27-16-19/h6-10,13-16,21H,2-5,11-12,17-18H2,1H3,(H,28,32)/t26-/m1/s1. The molecule has 2 aliphatic rings. The molecule has 3 aromatic rings. The van der Waals surface area contributed by atoms with Crippen molar-refractivity contribution >= 4 is 22.7 Å². The minimum atomic E-state index is -0.992. The van der Waals surface area contributed by atoms with E-state index in [1.165, 1.54) is 12.8 Å². The molecule has 1 saturated carbocycles. The summed E-state index contributed by atoms with van der Waals surface area (Å²) >= 11 is 0. The summed E-state index contributed by atoms with van der Waals surface area (Å²) < 4.78 is 2.02. The molecular weight excluding hydrogens is 400 g/mol. The van der Waals surface area contributed by atoms with Crippen LogP contribution in [0.5, 0.6) is 0 Å². The van der Waals surface area contributed by atoms with Gasteiger partial charge in [0.1, 0.15) is 11.2 Å². The highest BCUT2D eigenvalue weighted by molar-refractivity contribution is 6.03. The summed E-state index contributed by atoms with van der Waals surface area (Å²) in [7, 11) is 0. The van der Waals surface area contributed by atoms with E-state index >= 15 is 0 Å². The van der Waals surface area contributed by atoms with Crippen molar-refractivity contribution in [1.82, 2.24) is 19.8 Å². The Kier molecular flexibility index (Phi) is 5.45. The van der Waals surface area contributed by atoms with Gasteiger partial charge in [-0.3, -0.25) is 14.6 Å². The Bertz CT molecular complexity index is 1130. The summed E-state index contributed by atoms with van der Waals surface area (Å²) in [4.78, 5) is 33.5. The van der Waals surface area contributed by atoms with Crippen LogP contribution in [-0.2, 0) is 17.9 Å². The Morgan fingerprint density at radius 3 is 2.66 bits per heavy atom. The van der Waals surface area contributed by atoms with Gasteiger partial charge in [0.05, 0.1) is 6.54 Å². The number of carbonyl (C=O) groups is 2. The molecule has 0 unspecified atom stereocenters. The lowest BCUT2D eigenvalue weighted by atomic mass is 9.93. The summed E-state index contributed by atoms with van der Waals surface area (Å²) in [6.45, 7) is 2.69. The molecule has 1 aliphatic heterocycles. The van der Waals surface area contributed by atoms with Crippen molar-refractivity contribution in [2.45, 2.75) is 70.1 Å². The zero-order chi connectivity index (χ0) is 22.1. The molecule has 1 N–H and O–H groups in total. The molecule has 5 rings (SSSR count). The number of fused-ring (bicyclic) bond motifs is 3. The first kappa shape index (κ1) is 20.7. The third kappa shape index (κ3) is 3.68. The molecule has 0 bridgehead atoms. The van der Waals surface area contributed by atoms with Crippen molar-refractivity contribution < 1.29 is 9.59 Å². The topological polar surface area (TPSA) is 67.2 Å².